The molecule has 0 unspecified atom stereocenters. The van der Waals surface area contributed by atoms with Gasteiger partial charge in [0.25, 0.3) is 0 Å². The molecule has 0 radical (unpaired) electrons. The van der Waals surface area contributed by atoms with E-state index in [4.69, 9.17) is 21.1 Å². The molecule has 1 aromatic heterocycles. The van der Waals surface area contributed by atoms with Crippen LogP contribution >= 0.6 is 11.6 Å². The Morgan fingerprint density at radius 3 is 2.67 bits per heavy atom. The lowest BCUT2D eigenvalue weighted by atomic mass is 10.0. The zero-order valence-corrected chi connectivity index (χ0v) is 14.0. The van der Waals surface area contributed by atoms with Crippen molar-refractivity contribution in [1.29, 1.82) is 0 Å². The maximum absolute atomic E-state index is 13.6. The first kappa shape index (κ1) is 17.1. The Morgan fingerprint density at radius 1 is 1.25 bits per heavy atom. The van der Waals surface area contributed by atoms with E-state index in [0.717, 1.165) is 18.4 Å². The van der Waals surface area contributed by atoms with Crippen LogP contribution in [0.1, 0.15) is 24.7 Å². The van der Waals surface area contributed by atoms with Crippen LogP contribution in [0.15, 0.2) is 49.2 Å². The van der Waals surface area contributed by atoms with Crippen LogP contribution in [0, 0.1) is 11.7 Å². The van der Waals surface area contributed by atoms with Gasteiger partial charge in [0.1, 0.15) is 5.82 Å². The molecule has 0 aliphatic carbocycles. The van der Waals surface area contributed by atoms with Gasteiger partial charge >= 0.3 is 0 Å². The molecule has 2 aromatic rings. The zero-order chi connectivity index (χ0) is 16.9. The lowest BCUT2D eigenvalue weighted by Crippen LogP contribution is -2.27. The van der Waals surface area contributed by atoms with Gasteiger partial charge in [-0.1, -0.05) is 29.8 Å². The standard InChI is InChI=1S/C19H19ClFNO2/c1-2-3-4-13-11-23-19(24-12-13)15-6-8-18(22-10-15)14-5-7-16(20)17(21)9-14/h2,5-10,13,19H,1,3-4,11-12H2/t13-,19-. The molecule has 1 aromatic carbocycles. The molecule has 5 heteroatoms. The van der Waals surface area contributed by atoms with Gasteiger partial charge in [0, 0.05) is 23.2 Å². The second kappa shape index (κ2) is 7.88. The van der Waals surface area contributed by atoms with Gasteiger partial charge in [0.15, 0.2) is 6.29 Å². The normalized spacial score (nSPS) is 20.8. The minimum absolute atomic E-state index is 0.102. The van der Waals surface area contributed by atoms with Crippen LogP contribution < -0.4 is 0 Å². The number of benzene rings is 1. The van der Waals surface area contributed by atoms with Crippen molar-refractivity contribution in [1.82, 2.24) is 4.98 Å². The van der Waals surface area contributed by atoms with Gasteiger partial charge in [-0.3, -0.25) is 4.98 Å². The van der Waals surface area contributed by atoms with Gasteiger partial charge in [-0.25, -0.2) is 4.39 Å². The van der Waals surface area contributed by atoms with E-state index in [9.17, 15) is 4.39 Å². The number of aromatic nitrogens is 1. The van der Waals surface area contributed by atoms with Crippen LogP contribution in [0.4, 0.5) is 4.39 Å². The quantitative estimate of drug-likeness (QED) is 0.699. The third-order valence-corrected chi connectivity index (χ3v) is 4.33. The van der Waals surface area contributed by atoms with E-state index < -0.39 is 12.1 Å². The molecule has 1 aliphatic heterocycles. The molecule has 126 valence electrons. The highest BCUT2D eigenvalue weighted by atomic mass is 35.5. The van der Waals surface area contributed by atoms with E-state index in [0.29, 0.717) is 30.4 Å². The van der Waals surface area contributed by atoms with Gasteiger partial charge in [0.2, 0.25) is 0 Å². The highest BCUT2D eigenvalue weighted by Gasteiger charge is 2.23. The molecule has 0 spiro atoms. The lowest BCUT2D eigenvalue weighted by Gasteiger charge is -2.29. The lowest BCUT2D eigenvalue weighted by molar-refractivity contribution is -0.205. The van der Waals surface area contributed by atoms with E-state index in [2.05, 4.69) is 11.6 Å². The SMILES string of the molecule is C=CCC[C@H]1CO[C@H](c2ccc(-c3ccc(Cl)c(F)c3)nc2)OC1. The van der Waals surface area contributed by atoms with Crippen LogP contribution in [0.5, 0.6) is 0 Å². The van der Waals surface area contributed by atoms with Gasteiger partial charge in [-0.15, -0.1) is 6.58 Å². The number of pyridine rings is 1. The minimum Gasteiger partial charge on any atom is -0.348 e. The molecule has 2 heterocycles. The summed E-state index contributed by atoms with van der Waals surface area (Å²) in [5.41, 5.74) is 2.21. The minimum atomic E-state index is -0.454. The summed E-state index contributed by atoms with van der Waals surface area (Å²) in [6.07, 6.45) is 5.21. The summed E-state index contributed by atoms with van der Waals surface area (Å²) < 4.78 is 25.1. The number of allylic oxidation sites excluding steroid dienone is 1. The van der Waals surface area contributed by atoms with Crippen LogP contribution in [0.2, 0.25) is 5.02 Å². The van der Waals surface area contributed by atoms with E-state index >= 15 is 0 Å². The van der Waals surface area contributed by atoms with Gasteiger partial charge in [-0.05, 0) is 31.0 Å². The number of rotatable bonds is 5. The highest BCUT2D eigenvalue weighted by molar-refractivity contribution is 6.30. The van der Waals surface area contributed by atoms with Crippen LogP contribution in [0.3, 0.4) is 0 Å². The molecule has 3 nitrogen and oxygen atoms in total. The van der Waals surface area contributed by atoms with E-state index in [-0.39, 0.29) is 5.02 Å². The van der Waals surface area contributed by atoms with Crippen molar-refractivity contribution in [3.05, 3.63) is 65.6 Å². The van der Waals surface area contributed by atoms with Crippen molar-refractivity contribution in [2.45, 2.75) is 19.1 Å². The molecule has 0 saturated carbocycles. The molecule has 3 rings (SSSR count). The zero-order valence-electron chi connectivity index (χ0n) is 13.3. The fourth-order valence-corrected chi connectivity index (χ4v) is 2.74. The van der Waals surface area contributed by atoms with Crippen LogP contribution in [-0.4, -0.2) is 18.2 Å². The van der Waals surface area contributed by atoms with Gasteiger partial charge in [-0.2, -0.15) is 0 Å². The second-order valence-corrected chi connectivity index (χ2v) is 6.24. The van der Waals surface area contributed by atoms with Crippen molar-refractivity contribution in [2.75, 3.05) is 13.2 Å². The van der Waals surface area contributed by atoms with E-state index in [1.54, 1.807) is 12.3 Å². The molecule has 0 amide bonds. The summed E-state index contributed by atoms with van der Waals surface area (Å²) in [4.78, 5) is 4.38. The fraction of sp³-hybridized carbons (Fsp3) is 0.316. The summed E-state index contributed by atoms with van der Waals surface area (Å²) in [6.45, 7) is 5.07. The summed E-state index contributed by atoms with van der Waals surface area (Å²) in [7, 11) is 0. The Labute approximate surface area is 146 Å². The van der Waals surface area contributed by atoms with E-state index in [1.165, 1.54) is 12.1 Å². The third kappa shape index (κ3) is 4.01. The molecule has 1 aliphatic rings. The first-order valence-electron chi connectivity index (χ1n) is 7.93. The van der Waals surface area contributed by atoms with Gasteiger partial charge < -0.3 is 9.47 Å². The molecular formula is C19H19ClFNO2. The second-order valence-electron chi connectivity index (χ2n) is 5.84. The molecule has 0 N–H and O–H groups in total. The van der Waals surface area contributed by atoms with Crippen molar-refractivity contribution in [3.8, 4) is 11.3 Å². The first-order valence-corrected chi connectivity index (χ1v) is 8.30. The van der Waals surface area contributed by atoms with Crippen LogP contribution in [-0.2, 0) is 9.47 Å². The Hall–Kier alpha value is -1.75. The predicted molar refractivity (Wildman–Crippen MR) is 92.2 cm³/mol. The number of hydrogen-bond donors (Lipinski definition) is 0. The van der Waals surface area contributed by atoms with Crippen LogP contribution in [0.25, 0.3) is 11.3 Å². The van der Waals surface area contributed by atoms with Crippen molar-refractivity contribution in [3.63, 3.8) is 0 Å². The predicted octanol–water partition coefficient (Wildman–Crippen LogP) is 5.17. The average Bonchev–Trinajstić information content (AvgIpc) is 2.63. The Morgan fingerprint density at radius 2 is 2.04 bits per heavy atom. The van der Waals surface area contributed by atoms with Crippen molar-refractivity contribution < 1.29 is 13.9 Å². The maximum atomic E-state index is 13.6. The fourth-order valence-electron chi connectivity index (χ4n) is 2.63. The van der Waals surface area contributed by atoms with Crippen molar-refractivity contribution >= 4 is 11.6 Å². The average molecular weight is 348 g/mol. The molecule has 1 saturated heterocycles. The third-order valence-electron chi connectivity index (χ3n) is 4.02. The smallest absolute Gasteiger partial charge is 0.185 e. The Bertz CT molecular complexity index is 697. The van der Waals surface area contributed by atoms with Crippen molar-refractivity contribution in [2.24, 2.45) is 5.92 Å². The number of hydrogen-bond acceptors (Lipinski definition) is 3. The molecular weight excluding hydrogens is 329 g/mol. The Kier molecular flexibility index (Phi) is 5.61. The number of halogens is 2. The monoisotopic (exact) mass is 347 g/mol. The Balaban J connectivity index is 1.65. The van der Waals surface area contributed by atoms with Gasteiger partial charge in [0.05, 0.1) is 23.9 Å². The summed E-state index contributed by atoms with van der Waals surface area (Å²) in [5.74, 6) is -0.0481. The number of nitrogens with zero attached hydrogens (tertiary/aromatic N) is 1. The molecule has 0 atom stereocenters. The molecule has 1 fully saturated rings. The number of ether oxygens (including phenoxy) is 2. The topological polar surface area (TPSA) is 31.4 Å². The molecule has 24 heavy (non-hydrogen) atoms. The molecule has 0 bridgehead atoms. The summed E-state index contributed by atoms with van der Waals surface area (Å²) >= 11 is 5.70. The highest BCUT2D eigenvalue weighted by Crippen LogP contribution is 2.28. The summed E-state index contributed by atoms with van der Waals surface area (Å²) in [5, 5.41) is 0.102. The largest absolute Gasteiger partial charge is 0.348 e. The maximum Gasteiger partial charge on any atom is 0.185 e. The first-order chi connectivity index (χ1) is 11.7. The summed E-state index contributed by atoms with van der Waals surface area (Å²) in [6, 6.07) is 8.37. The van der Waals surface area contributed by atoms with E-state index in [1.807, 2.05) is 18.2 Å².